The van der Waals surface area contributed by atoms with Gasteiger partial charge in [0.1, 0.15) is 12.2 Å². The van der Waals surface area contributed by atoms with Gasteiger partial charge < -0.3 is 19.5 Å². The molecule has 1 saturated heterocycles. The summed E-state index contributed by atoms with van der Waals surface area (Å²) in [7, 11) is 1.60. The zero-order chi connectivity index (χ0) is 20.7. The number of rotatable bonds is 6. The zero-order valence-corrected chi connectivity index (χ0v) is 17.2. The van der Waals surface area contributed by atoms with Crippen LogP contribution in [0.3, 0.4) is 0 Å². The van der Waals surface area contributed by atoms with Gasteiger partial charge in [0.05, 0.1) is 7.11 Å². The molecule has 1 unspecified atom stereocenters. The summed E-state index contributed by atoms with van der Waals surface area (Å²) >= 11 is 0. The van der Waals surface area contributed by atoms with Gasteiger partial charge in [0.15, 0.2) is 17.0 Å². The van der Waals surface area contributed by atoms with Crippen LogP contribution in [0.2, 0.25) is 0 Å². The maximum absolute atomic E-state index is 12.3. The van der Waals surface area contributed by atoms with Crippen LogP contribution in [0.15, 0.2) is 24.7 Å². The van der Waals surface area contributed by atoms with Crippen molar-refractivity contribution in [1.82, 2.24) is 29.4 Å². The third-order valence-electron chi connectivity index (χ3n) is 5.82. The molecular formula is C21H25N7O2. The van der Waals surface area contributed by atoms with Crippen molar-refractivity contribution in [3.63, 3.8) is 0 Å². The number of anilines is 1. The molecule has 0 radical (unpaired) electrons. The van der Waals surface area contributed by atoms with Crippen LogP contribution in [0, 0.1) is 5.92 Å². The lowest BCUT2D eigenvalue weighted by atomic mass is 10.2. The Balaban J connectivity index is 1.43. The molecule has 1 amide bonds. The number of hydrogen-bond acceptors (Lipinski definition) is 7. The van der Waals surface area contributed by atoms with Crippen LogP contribution in [-0.2, 0) is 11.3 Å². The van der Waals surface area contributed by atoms with E-state index in [9.17, 15) is 4.79 Å². The van der Waals surface area contributed by atoms with Crippen molar-refractivity contribution in [2.24, 2.45) is 5.92 Å². The molecule has 1 N–H and O–H groups in total. The van der Waals surface area contributed by atoms with Crippen molar-refractivity contribution < 1.29 is 9.53 Å². The van der Waals surface area contributed by atoms with Crippen molar-refractivity contribution in [3.8, 4) is 17.3 Å². The third-order valence-corrected chi connectivity index (χ3v) is 5.82. The summed E-state index contributed by atoms with van der Waals surface area (Å²) in [5.74, 6) is 2.63. The average molecular weight is 407 g/mol. The molecule has 0 spiro atoms. The molecule has 9 heteroatoms. The predicted molar refractivity (Wildman–Crippen MR) is 112 cm³/mol. The number of carbonyl (C=O) groups is 1. The van der Waals surface area contributed by atoms with Gasteiger partial charge in [-0.25, -0.2) is 19.9 Å². The van der Waals surface area contributed by atoms with E-state index in [1.54, 1.807) is 19.6 Å². The van der Waals surface area contributed by atoms with Gasteiger partial charge in [-0.15, -0.1) is 0 Å². The summed E-state index contributed by atoms with van der Waals surface area (Å²) in [5.41, 5.74) is 2.41. The maximum atomic E-state index is 12.3. The highest BCUT2D eigenvalue weighted by Gasteiger charge is 2.36. The lowest BCUT2D eigenvalue weighted by Gasteiger charge is -2.17. The minimum atomic E-state index is 0.170. The highest BCUT2D eigenvalue weighted by molar-refractivity contribution is 5.86. The Morgan fingerprint density at radius 2 is 2.10 bits per heavy atom. The molecular weight excluding hydrogens is 382 g/mol. The molecule has 0 aromatic carbocycles. The van der Waals surface area contributed by atoms with Crippen LogP contribution < -0.4 is 10.1 Å². The number of nitrogens with zero attached hydrogens (tertiary/aromatic N) is 6. The molecule has 156 valence electrons. The number of ether oxygens (including phenoxy) is 1. The fraction of sp³-hybridized carbons (Fsp3) is 0.476. The van der Waals surface area contributed by atoms with E-state index in [2.05, 4.69) is 31.8 Å². The molecule has 9 nitrogen and oxygen atoms in total. The molecule has 0 bridgehead atoms. The smallest absolute Gasteiger partial charge is 0.225 e. The third kappa shape index (κ3) is 3.34. The molecule has 1 saturated carbocycles. The molecule has 5 rings (SSSR count). The monoisotopic (exact) mass is 407 g/mol. The lowest BCUT2D eigenvalue weighted by Crippen LogP contribution is -2.32. The molecule has 2 aliphatic rings. The number of methoxy groups -OCH3 is 1. The summed E-state index contributed by atoms with van der Waals surface area (Å²) in [6.07, 6.45) is 6.31. The Morgan fingerprint density at radius 1 is 1.23 bits per heavy atom. The van der Waals surface area contributed by atoms with E-state index >= 15 is 0 Å². The Labute approximate surface area is 174 Å². The van der Waals surface area contributed by atoms with Crippen LogP contribution in [0.4, 0.5) is 5.82 Å². The lowest BCUT2D eigenvalue weighted by molar-refractivity contribution is -0.131. The van der Waals surface area contributed by atoms with E-state index in [1.807, 2.05) is 17.0 Å². The van der Waals surface area contributed by atoms with Gasteiger partial charge in [-0.2, -0.15) is 0 Å². The minimum absolute atomic E-state index is 0.170. The number of imidazole rings is 1. The second kappa shape index (κ2) is 7.55. The maximum Gasteiger partial charge on any atom is 0.225 e. The number of aromatic nitrogens is 5. The van der Waals surface area contributed by atoms with Crippen LogP contribution in [0.25, 0.3) is 22.6 Å². The molecule has 3 aromatic rings. The van der Waals surface area contributed by atoms with Crippen molar-refractivity contribution in [2.45, 2.75) is 38.8 Å². The van der Waals surface area contributed by atoms with Gasteiger partial charge in [-0.05, 0) is 32.3 Å². The highest BCUT2D eigenvalue weighted by atomic mass is 16.5. The Kier molecular flexibility index (Phi) is 4.72. The van der Waals surface area contributed by atoms with Crippen LogP contribution in [0.5, 0.6) is 5.88 Å². The number of fused-ring (bicyclic) bond motifs is 1. The Bertz CT molecular complexity index is 1070. The molecule has 1 aliphatic heterocycles. The summed E-state index contributed by atoms with van der Waals surface area (Å²) < 4.78 is 7.22. The number of carbonyl (C=O) groups excluding carboxylic acids is 1. The van der Waals surface area contributed by atoms with E-state index in [0.29, 0.717) is 24.1 Å². The summed E-state index contributed by atoms with van der Waals surface area (Å²) in [6.45, 7) is 4.30. The van der Waals surface area contributed by atoms with Crippen LogP contribution in [0.1, 0.15) is 26.2 Å². The quantitative estimate of drug-likeness (QED) is 0.670. The van der Waals surface area contributed by atoms with Gasteiger partial charge in [0.25, 0.3) is 0 Å². The number of amides is 1. The van der Waals surface area contributed by atoms with Crippen LogP contribution >= 0.6 is 0 Å². The SMILES string of the molecule is CCn1c(-c2ccc(OC)nc2)nc2c(NC3CCN(C(=O)C4CC4)C3)ncnc21. The van der Waals surface area contributed by atoms with E-state index in [1.165, 1.54) is 0 Å². The number of aryl methyl sites for hydroxylation is 1. The first kappa shape index (κ1) is 18.8. The average Bonchev–Trinajstić information content (AvgIpc) is 3.41. The van der Waals surface area contributed by atoms with Crippen molar-refractivity contribution in [3.05, 3.63) is 24.7 Å². The number of pyridine rings is 1. The van der Waals surface area contributed by atoms with E-state index in [-0.39, 0.29) is 12.0 Å². The van der Waals surface area contributed by atoms with Crippen molar-refractivity contribution in [2.75, 3.05) is 25.5 Å². The molecule has 30 heavy (non-hydrogen) atoms. The second-order valence-corrected chi connectivity index (χ2v) is 7.85. The predicted octanol–water partition coefficient (Wildman–Crippen LogP) is 2.34. The number of hydrogen-bond donors (Lipinski definition) is 1. The molecule has 1 atom stereocenters. The number of nitrogens with one attached hydrogen (secondary N) is 1. The first-order chi connectivity index (χ1) is 14.7. The largest absolute Gasteiger partial charge is 0.481 e. The Hall–Kier alpha value is -3.23. The molecule has 1 aliphatic carbocycles. The van der Waals surface area contributed by atoms with Gasteiger partial charge in [0, 0.05) is 49.4 Å². The van der Waals surface area contributed by atoms with E-state index < -0.39 is 0 Å². The fourth-order valence-corrected chi connectivity index (χ4v) is 4.06. The zero-order valence-electron chi connectivity index (χ0n) is 17.2. The Morgan fingerprint density at radius 3 is 2.80 bits per heavy atom. The highest BCUT2D eigenvalue weighted by Crippen LogP contribution is 2.33. The normalized spacial score (nSPS) is 18.7. The molecule has 3 aromatic heterocycles. The van der Waals surface area contributed by atoms with E-state index in [4.69, 9.17) is 9.72 Å². The summed E-state index contributed by atoms with van der Waals surface area (Å²) in [5, 5.41) is 3.51. The van der Waals surface area contributed by atoms with E-state index in [0.717, 1.165) is 54.9 Å². The van der Waals surface area contributed by atoms with Crippen molar-refractivity contribution in [1.29, 1.82) is 0 Å². The number of likely N-dealkylation sites (tertiary alicyclic amines) is 1. The molecule has 4 heterocycles. The van der Waals surface area contributed by atoms with Gasteiger partial charge >= 0.3 is 0 Å². The van der Waals surface area contributed by atoms with Gasteiger partial charge in [0.2, 0.25) is 11.8 Å². The summed E-state index contributed by atoms with van der Waals surface area (Å²) in [4.78, 5) is 32.4. The standard InChI is InChI=1S/C21H25N7O2/c1-3-28-19(14-6-7-16(30-2)22-10-14)26-17-18(23-12-24-20(17)28)25-15-8-9-27(11-15)21(29)13-4-5-13/h6-7,10,12-13,15H,3-5,8-9,11H2,1-2H3,(H,23,24,25). The second-order valence-electron chi connectivity index (χ2n) is 7.85. The van der Waals surface area contributed by atoms with Gasteiger partial charge in [-0.3, -0.25) is 4.79 Å². The minimum Gasteiger partial charge on any atom is -0.481 e. The summed E-state index contributed by atoms with van der Waals surface area (Å²) in [6, 6.07) is 3.94. The first-order valence-electron chi connectivity index (χ1n) is 10.4. The fourth-order valence-electron chi connectivity index (χ4n) is 4.06. The topological polar surface area (TPSA) is 98.1 Å². The first-order valence-corrected chi connectivity index (χ1v) is 10.4. The van der Waals surface area contributed by atoms with Crippen molar-refractivity contribution >= 4 is 22.9 Å². The van der Waals surface area contributed by atoms with Gasteiger partial charge in [-0.1, -0.05) is 0 Å². The van der Waals surface area contributed by atoms with Crippen LogP contribution in [-0.4, -0.2) is 61.6 Å². The molecule has 2 fully saturated rings.